The van der Waals surface area contributed by atoms with E-state index in [4.69, 9.17) is 12.2 Å². The summed E-state index contributed by atoms with van der Waals surface area (Å²) < 4.78 is 0. The maximum Gasteiger partial charge on any atom is 0.257 e. The molecule has 4 nitrogen and oxygen atoms in total. The second kappa shape index (κ2) is 7.12. The third kappa shape index (κ3) is 3.32. The summed E-state index contributed by atoms with van der Waals surface area (Å²) in [5, 5.41) is 16.2. The van der Waals surface area contributed by atoms with Gasteiger partial charge in [0.15, 0.2) is 5.11 Å². The Morgan fingerprint density at radius 2 is 2.12 bits per heavy atom. The summed E-state index contributed by atoms with van der Waals surface area (Å²) in [7, 11) is 0. The van der Waals surface area contributed by atoms with Gasteiger partial charge in [0.2, 0.25) is 0 Å². The number of nitrogens with zero attached hydrogens (tertiary/aromatic N) is 1. The molecule has 0 radical (unpaired) electrons. The third-order valence-electron chi connectivity index (χ3n) is 4.16. The molecule has 2 N–H and O–H groups in total. The van der Waals surface area contributed by atoms with E-state index in [1.165, 1.54) is 4.88 Å². The molecular formula is C18H17N3OS2. The molecule has 1 atom stereocenters. The number of nitriles is 1. The van der Waals surface area contributed by atoms with Crippen LogP contribution in [-0.2, 0) is 6.42 Å². The molecule has 1 aliphatic carbocycles. The first-order valence-electron chi connectivity index (χ1n) is 7.83. The number of rotatable bonds is 2. The van der Waals surface area contributed by atoms with E-state index in [1.807, 2.05) is 6.07 Å². The average Bonchev–Trinajstić information content (AvgIpc) is 2.93. The van der Waals surface area contributed by atoms with E-state index in [-0.39, 0.29) is 11.0 Å². The fourth-order valence-electron chi connectivity index (χ4n) is 3.01. The topological polar surface area (TPSA) is 64.9 Å². The Morgan fingerprint density at radius 1 is 1.38 bits per heavy atom. The van der Waals surface area contributed by atoms with Crippen LogP contribution in [0.5, 0.6) is 0 Å². The molecule has 1 aromatic heterocycles. The maximum atomic E-state index is 12.1. The number of amides is 1. The van der Waals surface area contributed by atoms with E-state index in [0.29, 0.717) is 17.0 Å². The summed E-state index contributed by atoms with van der Waals surface area (Å²) in [6.07, 6.45) is 3.26. The summed E-state index contributed by atoms with van der Waals surface area (Å²) in [6.45, 7) is 2.16. The van der Waals surface area contributed by atoms with Crippen molar-refractivity contribution in [2.24, 2.45) is 0 Å². The minimum atomic E-state index is -0.263. The lowest BCUT2D eigenvalue weighted by atomic mass is 9.87. The Morgan fingerprint density at radius 3 is 2.83 bits per heavy atom. The number of aryl methyl sites for hydroxylation is 1. The van der Waals surface area contributed by atoms with Gasteiger partial charge in [0.05, 0.1) is 5.56 Å². The molecule has 3 rings (SSSR count). The smallest absolute Gasteiger partial charge is 0.257 e. The monoisotopic (exact) mass is 355 g/mol. The van der Waals surface area contributed by atoms with Crippen LogP contribution in [-0.4, -0.2) is 11.0 Å². The quantitative estimate of drug-likeness (QED) is 0.793. The van der Waals surface area contributed by atoms with Gasteiger partial charge in [0, 0.05) is 10.4 Å². The Labute approximate surface area is 150 Å². The maximum absolute atomic E-state index is 12.1. The second-order valence-electron chi connectivity index (χ2n) is 5.82. The van der Waals surface area contributed by atoms with Crippen molar-refractivity contribution in [2.45, 2.75) is 32.1 Å². The highest BCUT2D eigenvalue weighted by atomic mass is 32.1. The lowest BCUT2D eigenvalue weighted by Gasteiger charge is -2.18. The predicted molar refractivity (Wildman–Crippen MR) is 101 cm³/mol. The number of hydrogen-bond acceptors (Lipinski definition) is 4. The first-order chi connectivity index (χ1) is 11.6. The number of fused-ring (bicyclic) bond motifs is 1. The van der Waals surface area contributed by atoms with Crippen LogP contribution in [0.3, 0.4) is 0 Å². The van der Waals surface area contributed by atoms with Crippen LogP contribution in [0.2, 0.25) is 0 Å². The van der Waals surface area contributed by atoms with Gasteiger partial charge < -0.3 is 5.32 Å². The molecule has 24 heavy (non-hydrogen) atoms. The molecule has 6 heteroatoms. The van der Waals surface area contributed by atoms with Crippen LogP contribution < -0.4 is 10.6 Å². The Hall–Kier alpha value is -2.23. The first-order valence-corrected chi connectivity index (χ1v) is 9.05. The number of anilines is 1. The molecule has 0 unspecified atom stereocenters. The molecule has 0 fully saturated rings. The van der Waals surface area contributed by atoms with Gasteiger partial charge in [0.25, 0.3) is 5.91 Å². The summed E-state index contributed by atoms with van der Waals surface area (Å²) >= 11 is 6.81. The summed E-state index contributed by atoms with van der Waals surface area (Å²) in [5.74, 6) is 0.129. The van der Waals surface area contributed by atoms with E-state index < -0.39 is 0 Å². The molecule has 0 bridgehead atoms. The van der Waals surface area contributed by atoms with Crippen molar-refractivity contribution >= 4 is 39.6 Å². The predicted octanol–water partition coefficient (Wildman–Crippen LogP) is 4.19. The molecule has 2 aromatic rings. The molecule has 1 amide bonds. The van der Waals surface area contributed by atoms with E-state index in [2.05, 4.69) is 23.6 Å². The van der Waals surface area contributed by atoms with Gasteiger partial charge in [-0.15, -0.1) is 11.3 Å². The van der Waals surface area contributed by atoms with Gasteiger partial charge in [-0.05, 0) is 55.1 Å². The van der Waals surface area contributed by atoms with E-state index >= 15 is 0 Å². The number of hydrogen-bond donors (Lipinski definition) is 2. The SMILES string of the molecule is C[C@@H]1CCCc2sc(NC(=S)NC(=O)c3ccccc3)c(C#N)c21. The lowest BCUT2D eigenvalue weighted by molar-refractivity contribution is 0.0977. The number of carbonyl (C=O) groups is 1. The number of thiophene rings is 1. The van der Waals surface area contributed by atoms with Crippen molar-refractivity contribution in [3.05, 3.63) is 51.9 Å². The zero-order valence-electron chi connectivity index (χ0n) is 13.3. The highest BCUT2D eigenvalue weighted by Crippen LogP contribution is 2.42. The van der Waals surface area contributed by atoms with Gasteiger partial charge in [-0.3, -0.25) is 10.1 Å². The van der Waals surface area contributed by atoms with E-state index in [9.17, 15) is 10.1 Å². The molecule has 1 heterocycles. The van der Waals surface area contributed by atoms with Crippen molar-refractivity contribution in [1.82, 2.24) is 5.32 Å². The van der Waals surface area contributed by atoms with Crippen LogP contribution in [0.25, 0.3) is 0 Å². The molecule has 1 aliphatic rings. The zero-order chi connectivity index (χ0) is 17.1. The van der Waals surface area contributed by atoms with Crippen molar-refractivity contribution in [2.75, 3.05) is 5.32 Å². The molecule has 122 valence electrons. The Balaban J connectivity index is 1.76. The summed E-state index contributed by atoms with van der Waals surface area (Å²) in [6, 6.07) is 11.2. The Bertz CT molecular complexity index is 821. The van der Waals surface area contributed by atoms with Gasteiger partial charge >= 0.3 is 0 Å². The second-order valence-corrected chi connectivity index (χ2v) is 7.34. The normalized spacial score (nSPS) is 15.9. The molecule has 0 aliphatic heterocycles. The number of benzene rings is 1. The lowest BCUT2D eigenvalue weighted by Crippen LogP contribution is -2.34. The summed E-state index contributed by atoms with van der Waals surface area (Å²) in [4.78, 5) is 13.4. The number of thiocarbonyl (C=S) groups is 1. The largest absolute Gasteiger partial charge is 0.323 e. The van der Waals surface area contributed by atoms with Crippen molar-refractivity contribution in [3.8, 4) is 6.07 Å². The fraction of sp³-hybridized carbons (Fsp3) is 0.278. The fourth-order valence-corrected chi connectivity index (χ4v) is 4.59. The number of carbonyl (C=O) groups excluding carboxylic acids is 1. The van der Waals surface area contributed by atoms with Crippen LogP contribution in [0, 0.1) is 11.3 Å². The van der Waals surface area contributed by atoms with E-state index in [0.717, 1.165) is 29.8 Å². The van der Waals surface area contributed by atoms with Crippen LogP contribution in [0.15, 0.2) is 30.3 Å². The molecule has 0 saturated carbocycles. The van der Waals surface area contributed by atoms with Crippen molar-refractivity contribution in [1.29, 1.82) is 5.26 Å². The number of nitrogens with one attached hydrogen (secondary N) is 2. The van der Waals surface area contributed by atoms with Gasteiger partial charge in [-0.2, -0.15) is 5.26 Å². The highest BCUT2D eigenvalue weighted by Gasteiger charge is 2.26. The minimum Gasteiger partial charge on any atom is -0.323 e. The highest BCUT2D eigenvalue weighted by molar-refractivity contribution is 7.80. The van der Waals surface area contributed by atoms with Gasteiger partial charge in [0.1, 0.15) is 11.1 Å². The Kier molecular flexibility index (Phi) is 4.93. The van der Waals surface area contributed by atoms with E-state index in [1.54, 1.807) is 35.6 Å². The van der Waals surface area contributed by atoms with Crippen LogP contribution >= 0.6 is 23.6 Å². The van der Waals surface area contributed by atoms with Gasteiger partial charge in [-0.25, -0.2) is 0 Å². The zero-order valence-corrected chi connectivity index (χ0v) is 14.9. The average molecular weight is 355 g/mol. The standard InChI is InChI=1S/C18H17N3OS2/c1-11-6-5-9-14-15(11)13(10-19)17(24-14)21-18(23)20-16(22)12-7-3-2-4-8-12/h2-4,7-8,11H,5-6,9H2,1H3,(H2,20,21,22,23)/t11-/m1/s1. The molecule has 0 saturated heterocycles. The molecule has 0 spiro atoms. The molecule has 1 aromatic carbocycles. The van der Waals surface area contributed by atoms with Crippen molar-refractivity contribution < 1.29 is 4.79 Å². The summed E-state index contributed by atoms with van der Waals surface area (Å²) in [5.41, 5.74) is 2.35. The van der Waals surface area contributed by atoms with Gasteiger partial charge in [-0.1, -0.05) is 25.1 Å². The third-order valence-corrected chi connectivity index (χ3v) is 5.54. The van der Waals surface area contributed by atoms with Crippen LogP contribution in [0.4, 0.5) is 5.00 Å². The van der Waals surface area contributed by atoms with Crippen molar-refractivity contribution in [3.63, 3.8) is 0 Å². The first kappa shape index (κ1) is 16.6. The van der Waals surface area contributed by atoms with Crippen LogP contribution in [0.1, 0.15) is 52.0 Å². The minimum absolute atomic E-state index is 0.214. The molecular weight excluding hydrogens is 338 g/mol.